The van der Waals surface area contributed by atoms with Crippen LogP contribution < -0.4 is 9.47 Å². The second kappa shape index (κ2) is 8.44. The lowest BCUT2D eigenvalue weighted by molar-refractivity contribution is -0.137. The van der Waals surface area contributed by atoms with Crippen molar-refractivity contribution in [2.24, 2.45) is 0 Å². The third-order valence-electron chi connectivity index (χ3n) is 3.69. The topological polar surface area (TPSA) is 55.8 Å². The lowest BCUT2D eigenvalue weighted by Gasteiger charge is -2.10. The summed E-state index contributed by atoms with van der Waals surface area (Å²) in [7, 11) is 2.94. The van der Waals surface area contributed by atoms with Crippen molar-refractivity contribution in [3.05, 3.63) is 71.3 Å². The van der Waals surface area contributed by atoms with Crippen LogP contribution in [0.25, 0.3) is 11.6 Å². The Kier molecular flexibility index (Phi) is 6.28. The van der Waals surface area contributed by atoms with Gasteiger partial charge in [-0.15, -0.1) is 0 Å². The van der Waals surface area contributed by atoms with Gasteiger partial charge in [0.15, 0.2) is 11.5 Å². The van der Waals surface area contributed by atoms with Crippen LogP contribution in [-0.2, 0) is 11.0 Å². The van der Waals surface area contributed by atoms with Crippen molar-refractivity contribution >= 4 is 17.6 Å². The number of ether oxygens (including phenoxy) is 2. The number of carbonyl (C=O) groups is 1. The van der Waals surface area contributed by atoms with Crippen molar-refractivity contribution in [2.45, 2.75) is 6.18 Å². The number of carboxylic acids is 1. The minimum Gasteiger partial charge on any atom is -0.493 e. The summed E-state index contributed by atoms with van der Waals surface area (Å²) in [6, 6.07) is 9.47. The summed E-state index contributed by atoms with van der Waals surface area (Å²) in [5.74, 6) is -0.242. The van der Waals surface area contributed by atoms with E-state index in [1.807, 2.05) is 0 Å². The highest BCUT2D eigenvalue weighted by Crippen LogP contribution is 2.32. The molecule has 0 aliphatic rings. The van der Waals surface area contributed by atoms with Crippen molar-refractivity contribution in [3.63, 3.8) is 0 Å². The Balaban J connectivity index is 2.35. The highest BCUT2D eigenvalue weighted by atomic mass is 19.4. The third-order valence-corrected chi connectivity index (χ3v) is 3.69. The van der Waals surface area contributed by atoms with Crippen LogP contribution in [0, 0.1) is 0 Å². The Morgan fingerprint density at radius 3 is 2.15 bits per heavy atom. The van der Waals surface area contributed by atoms with E-state index in [0.29, 0.717) is 28.2 Å². The van der Waals surface area contributed by atoms with Gasteiger partial charge in [-0.05, 0) is 41.0 Å². The van der Waals surface area contributed by atoms with E-state index in [4.69, 9.17) is 14.6 Å². The van der Waals surface area contributed by atoms with E-state index < -0.39 is 17.7 Å². The van der Waals surface area contributed by atoms with Crippen LogP contribution in [0.3, 0.4) is 0 Å². The first-order valence-corrected chi connectivity index (χ1v) is 7.77. The highest BCUT2D eigenvalue weighted by Gasteiger charge is 2.29. The first-order valence-electron chi connectivity index (χ1n) is 7.77. The predicted molar refractivity (Wildman–Crippen MR) is 95.6 cm³/mol. The smallest absolute Gasteiger partial charge is 0.416 e. The van der Waals surface area contributed by atoms with Crippen molar-refractivity contribution < 1.29 is 32.5 Å². The van der Waals surface area contributed by atoms with Gasteiger partial charge in [0.1, 0.15) is 0 Å². The minimum absolute atomic E-state index is 0.350. The highest BCUT2D eigenvalue weighted by molar-refractivity contribution is 5.94. The van der Waals surface area contributed by atoms with Crippen molar-refractivity contribution in [1.29, 1.82) is 0 Å². The number of methoxy groups -OCH3 is 2. The Morgan fingerprint density at radius 1 is 1.00 bits per heavy atom. The molecule has 2 rings (SSSR count). The van der Waals surface area contributed by atoms with Gasteiger partial charge in [0.25, 0.3) is 0 Å². The van der Waals surface area contributed by atoms with Crippen LogP contribution in [0.15, 0.2) is 54.6 Å². The third kappa shape index (κ3) is 5.37. The largest absolute Gasteiger partial charge is 0.493 e. The Hall–Kier alpha value is -3.22. The number of rotatable bonds is 6. The van der Waals surface area contributed by atoms with Crippen molar-refractivity contribution in [1.82, 2.24) is 0 Å². The molecule has 0 radical (unpaired) electrons. The molecular weight excluding hydrogens is 361 g/mol. The van der Waals surface area contributed by atoms with E-state index in [1.54, 1.807) is 18.2 Å². The number of carboxylic acid groups (broad SMARTS) is 1. The molecule has 27 heavy (non-hydrogen) atoms. The maximum atomic E-state index is 12.6. The first-order chi connectivity index (χ1) is 12.7. The molecule has 0 aliphatic heterocycles. The summed E-state index contributed by atoms with van der Waals surface area (Å²) in [6.07, 6.45) is -0.359. The van der Waals surface area contributed by atoms with Gasteiger partial charge in [-0.2, -0.15) is 13.2 Å². The van der Waals surface area contributed by atoms with Crippen molar-refractivity contribution in [2.75, 3.05) is 14.2 Å². The van der Waals surface area contributed by atoms with Gasteiger partial charge in [0, 0.05) is 6.08 Å². The second-order valence-corrected chi connectivity index (χ2v) is 5.46. The van der Waals surface area contributed by atoms with Crippen LogP contribution >= 0.6 is 0 Å². The molecule has 0 fully saturated rings. The van der Waals surface area contributed by atoms with Gasteiger partial charge in [-0.3, -0.25) is 0 Å². The van der Waals surface area contributed by atoms with E-state index in [2.05, 4.69) is 0 Å². The molecule has 0 saturated heterocycles. The molecule has 4 nitrogen and oxygen atoms in total. The fourth-order valence-corrected chi connectivity index (χ4v) is 2.35. The summed E-state index contributed by atoms with van der Waals surface area (Å²) in [5.41, 5.74) is 0.655. The summed E-state index contributed by atoms with van der Waals surface area (Å²) < 4.78 is 48.2. The zero-order valence-corrected chi connectivity index (χ0v) is 14.6. The van der Waals surface area contributed by atoms with E-state index in [-0.39, 0.29) is 0 Å². The van der Waals surface area contributed by atoms with Gasteiger partial charge in [0.2, 0.25) is 0 Å². The predicted octanol–water partition coefficient (Wildman–Crippen LogP) is 4.90. The summed E-state index contributed by atoms with van der Waals surface area (Å²) >= 11 is 0. The van der Waals surface area contributed by atoms with Gasteiger partial charge < -0.3 is 14.6 Å². The van der Waals surface area contributed by atoms with Gasteiger partial charge in [-0.1, -0.05) is 30.4 Å². The molecule has 7 heteroatoms. The molecule has 0 atom stereocenters. The molecule has 0 heterocycles. The van der Waals surface area contributed by atoms with Gasteiger partial charge >= 0.3 is 12.1 Å². The number of halogens is 3. The molecule has 0 aliphatic carbocycles. The Morgan fingerprint density at radius 2 is 1.63 bits per heavy atom. The number of aliphatic carboxylic acids is 1. The van der Waals surface area contributed by atoms with Gasteiger partial charge in [-0.25, -0.2) is 4.79 Å². The van der Waals surface area contributed by atoms with Crippen LogP contribution in [-0.4, -0.2) is 25.3 Å². The summed E-state index contributed by atoms with van der Waals surface area (Å²) in [5, 5.41) is 9.10. The molecule has 0 spiro atoms. The maximum absolute atomic E-state index is 12.6. The monoisotopic (exact) mass is 378 g/mol. The van der Waals surface area contributed by atoms with Crippen molar-refractivity contribution in [3.8, 4) is 11.5 Å². The number of hydrogen-bond acceptors (Lipinski definition) is 3. The molecule has 0 saturated carbocycles. The molecule has 0 unspecified atom stereocenters. The normalized spacial score (nSPS) is 12.3. The molecule has 0 aromatic heterocycles. The van der Waals surface area contributed by atoms with Crippen LogP contribution in [0.4, 0.5) is 13.2 Å². The molecule has 0 bridgehead atoms. The fraction of sp³-hybridized carbons (Fsp3) is 0.150. The zero-order chi connectivity index (χ0) is 20.0. The standard InChI is InChI=1S/C20H17F3O4/c1-26-17-10-7-14(11-18(17)27-2)15(12-19(24)25)6-3-13-4-8-16(9-5-13)20(21,22)23/h3-12H,1-2H3,(H,24,25)/b6-3+,15-12-. The summed E-state index contributed by atoms with van der Waals surface area (Å²) in [6.45, 7) is 0. The van der Waals surface area contributed by atoms with E-state index in [9.17, 15) is 18.0 Å². The quantitative estimate of drug-likeness (QED) is 0.574. The summed E-state index contributed by atoms with van der Waals surface area (Å²) in [4.78, 5) is 11.1. The fourth-order valence-electron chi connectivity index (χ4n) is 2.35. The molecule has 2 aromatic rings. The average molecular weight is 378 g/mol. The lowest BCUT2D eigenvalue weighted by atomic mass is 10.0. The lowest BCUT2D eigenvalue weighted by Crippen LogP contribution is -2.03. The molecular formula is C20H17F3O4. The average Bonchev–Trinajstić information content (AvgIpc) is 2.63. The maximum Gasteiger partial charge on any atom is 0.416 e. The SMILES string of the molecule is COc1ccc(C(=C\C(=O)O)/C=C/c2ccc(C(F)(F)F)cc2)cc1OC. The Bertz CT molecular complexity index is 866. The molecule has 2 aromatic carbocycles. The minimum atomic E-state index is -4.41. The van der Waals surface area contributed by atoms with E-state index >= 15 is 0 Å². The van der Waals surface area contributed by atoms with E-state index in [0.717, 1.165) is 18.2 Å². The molecule has 142 valence electrons. The number of benzene rings is 2. The zero-order valence-electron chi connectivity index (χ0n) is 14.6. The van der Waals surface area contributed by atoms with E-state index in [1.165, 1.54) is 38.5 Å². The number of hydrogen-bond donors (Lipinski definition) is 1. The van der Waals surface area contributed by atoms with Gasteiger partial charge in [0.05, 0.1) is 19.8 Å². The molecule has 0 amide bonds. The molecule has 1 N–H and O–H groups in total. The van der Waals surface area contributed by atoms with Crippen LogP contribution in [0.5, 0.6) is 11.5 Å². The first kappa shape index (κ1) is 20.1. The number of allylic oxidation sites excluding steroid dienone is 2. The van der Waals surface area contributed by atoms with Crippen LogP contribution in [0.1, 0.15) is 16.7 Å². The Labute approximate surface area is 154 Å². The number of alkyl halides is 3. The van der Waals surface area contributed by atoms with Crippen LogP contribution in [0.2, 0.25) is 0 Å². The second-order valence-electron chi connectivity index (χ2n) is 5.46.